The van der Waals surface area contributed by atoms with Crippen molar-refractivity contribution >= 4 is 5.97 Å². The lowest BCUT2D eigenvalue weighted by atomic mass is 10.2. The molecule has 1 aromatic heterocycles. The van der Waals surface area contributed by atoms with Crippen molar-refractivity contribution in [2.45, 2.75) is 6.61 Å². The molecule has 0 amide bonds. The second-order valence-electron chi connectivity index (χ2n) is 3.88. The summed E-state index contributed by atoms with van der Waals surface area (Å²) in [6.07, 6.45) is 0. The van der Waals surface area contributed by atoms with Gasteiger partial charge in [0.15, 0.2) is 5.69 Å². The Kier molecular flexibility index (Phi) is 4.08. The number of hydrogen-bond donors (Lipinski definition) is 0. The number of ether oxygens (including phenoxy) is 2. The van der Waals surface area contributed by atoms with Crippen LogP contribution < -0.4 is 0 Å². The van der Waals surface area contributed by atoms with Gasteiger partial charge in [-0.1, -0.05) is 11.3 Å². The van der Waals surface area contributed by atoms with Crippen molar-refractivity contribution in [3.8, 4) is 11.8 Å². The van der Waals surface area contributed by atoms with E-state index < -0.39 is 5.97 Å². The number of methoxy groups -OCH3 is 2. The van der Waals surface area contributed by atoms with Gasteiger partial charge in [0.05, 0.1) is 25.0 Å². The van der Waals surface area contributed by atoms with Crippen LogP contribution in [0.3, 0.4) is 0 Å². The highest BCUT2D eigenvalue weighted by molar-refractivity contribution is 5.89. The average Bonchev–Trinajstić information content (AvgIpc) is 2.90. The summed E-state index contributed by atoms with van der Waals surface area (Å²) in [6, 6.07) is 8.65. The lowest BCUT2D eigenvalue weighted by Gasteiger charge is -2.07. The molecule has 0 radical (unpaired) electrons. The van der Waals surface area contributed by atoms with Crippen molar-refractivity contribution < 1.29 is 14.3 Å². The maximum absolute atomic E-state index is 11.5. The van der Waals surface area contributed by atoms with Gasteiger partial charge in [-0.25, -0.2) is 9.48 Å². The van der Waals surface area contributed by atoms with E-state index in [1.165, 1.54) is 18.9 Å². The first-order valence-corrected chi connectivity index (χ1v) is 5.73. The van der Waals surface area contributed by atoms with Gasteiger partial charge in [0.25, 0.3) is 0 Å². The van der Waals surface area contributed by atoms with Crippen molar-refractivity contribution in [2.24, 2.45) is 0 Å². The third-order valence-electron chi connectivity index (χ3n) is 2.66. The van der Waals surface area contributed by atoms with E-state index in [9.17, 15) is 4.79 Å². The number of nitriles is 1. The fraction of sp³-hybridized carbons (Fsp3) is 0.231. The van der Waals surface area contributed by atoms with Crippen LogP contribution in [0.5, 0.6) is 0 Å². The van der Waals surface area contributed by atoms with E-state index in [1.807, 2.05) is 6.07 Å². The third kappa shape index (κ3) is 2.50. The van der Waals surface area contributed by atoms with E-state index in [0.29, 0.717) is 16.9 Å². The van der Waals surface area contributed by atoms with E-state index in [1.54, 1.807) is 24.3 Å². The Labute approximate surface area is 115 Å². The number of benzene rings is 1. The highest BCUT2D eigenvalue weighted by atomic mass is 16.5. The molecular weight excluding hydrogens is 260 g/mol. The molecule has 0 fully saturated rings. The summed E-state index contributed by atoms with van der Waals surface area (Å²) < 4.78 is 11.2. The highest BCUT2D eigenvalue weighted by Gasteiger charge is 2.15. The zero-order chi connectivity index (χ0) is 14.5. The van der Waals surface area contributed by atoms with Gasteiger partial charge in [-0.3, -0.25) is 0 Å². The van der Waals surface area contributed by atoms with Gasteiger partial charge in [0.2, 0.25) is 0 Å². The van der Waals surface area contributed by atoms with Gasteiger partial charge >= 0.3 is 5.97 Å². The number of aromatic nitrogens is 3. The van der Waals surface area contributed by atoms with E-state index in [4.69, 9.17) is 10.00 Å². The van der Waals surface area contributed by atoms with Crippen LogP contribution in [0.25, 0.3) is 5.69 Å². The number of rotatable bonds is 4. The molecule has 1 aromatic carbocycles. The molecule has 0 N–H and O–H groups in total. The van der Waals surface area contributed by atoms with Crippen LogP contribution in [0.1, 0.15) is 21.7 Å². The molecule has 0 aliphatic carbocycles. The van der Waals surface area contributed by atoms with Gasteiger partial charge in [-0.15, -0.1) is 5.10 Å². The molecule has 0 bridgehead atoms. The van der Waals surface area contributed by atoms with Crippen LogP contribution in [0, 0.1) is 11.3 Å². The van der Waals surface area contributed by atoms with Crippen molar-refractivity contribution in [3.05, 3.63) is 41.2 Å². The minimum absolute atomic E-state index is 0.190. The summed E-state index contributed by atoms with van der Waals surface area (Å²) in [5.41, 5.74) is 1.71. The maximum atomic E-state index is 11.5. The zero-order valence-corrected chi connectivity index (χ0v) is 11.0. The Morgan fingerprint density at radius 1 is 1.45 bits per heavy atom. The molecule has 0 aliphatic rings. The third-order valence-corrected chi connectivity index (χ3v) is 2.66. The molecular formula is C13H12N4O3. The van der Waals surface area contributed by atoms with Crippen LogP contribution in [0.15, 0.2) is 24.3 Å². The van der Waals surface area contributed by atoms with Gasteiger partial charge in [0, 0.05) is 7.11 Å². The molecule has 0 aliphatic heterocycles. The summed E-state index contributed by atoms with van der Waals surface area (Å²) >= 11 is 0. The number of nitrogens with zero attached hydrogens (tertiary/aromatic N) is 4. The number of esters is 1. The first-order valence-electron chi connectivity index (χ1n) is 5.73. The van der Waals surface area contributed by atoms with Crippen LogP contribution in [-0.4, -0.2) is 35.2 Å². The second kappa shape index (κ2) is 5.95. The van der Waals surface area contributed by atoms with E-state index in [2.05, 4.69) is 15.0 Å². The Morgan fingerprint density at radius 3 is 2.90 bits per heavy atom. The predicted molar refractivity (Wildman–Crippen MR) is 68.1 cm³/mol. The lowest BCUT2D eigenvalue weighted by Crippen LogP contribution is -2.07. The molecule has 0 saturated heterocycles. The largest absolute Gasteiger partial charge is 0.465 e. The SMILES string of the molecule is COCc1c(C#N)nnn1-c1cccc(C(=O)OC)c1. The molecule has 2 rings (SSSR count). The van der Waals surface area contributed by atoms with E-state index in [0.717, 1.165) is 0 Å². The van der Waals surface area contributed by atoms with Gasteiger partial charge < -0.3 is 9.47 Å². The molecule has 7 heteroatoms. The fourth-order valence-electron chi connectivity index (χ4n) is 1.74. The number of carbonyl (C=O) groups excluding carboxylic acids is 1. The quantitative estimate of drug-likeness (QED) is 0.773. The Balaban J connectivity index is 2.49. The highest BCUT2D eigenvalue weighted by Crippen LogP contribution is 2.15. The second-order valence-corrected chi connectivity index (χ2v) is 3.88. The van der Waals surface area contributed by atoms with Crippen LogP contribution in [-0.2, 0) is 16.1 Å². The van der Waals surface area contributed by atoms with Gasteiger partial charge in [-0.05, 0) is 18.2 Å². The zero-order valence-electron chi connectivity index (χ0n) is 11.0. The molecule has 0 spiro atoms. The molecule has 102 valence electrons. The first-order chi connectivity index (χ1) is 9.71. The van der Waals surface area contributed by atoms with Crippen LogP contribution >= 0.6 is 0 Å². The molecule has 1 heterocycles. The summed E-state index contributed by atoms with van der Waals surface area (Å²) in [6.45, 7) is 0.193. The summed E-state index contributed by atoms with van der Waals surface area (Å²) in [4.78, 5) is 11.5. The average molecular weight is 272 g/mol. The monoisotopic (exact) mass is 272 g/mol. The molecule has 20 heavy (non-hydrogen) atoms. The molecule has 0 atom stereocenters. The van der Waals surface area contributed by atoms with Crippen molar-refractivity contribution in [1.82, 2.24) is 15.0 Å². The summed E-state index contributed by atoms with van der Waals surface area (Å²) in [5, 5.41) is 16.7. The topological polar surface area (TPSA) is 90.0 Å². The maximum Gasteiger partial charge on any atom is 0.337 e. The summed E-state index contributed by atoms with van der Waals surface area (Å²) in [5.74, 6) is -0.444. The number of hydrogen-bond acceptors (Lipinski definition) is 6. The van der Waals surface area contributed by atoms with E-state index in [-0.39, 0.29) is 12.3 Å². The van der Waals surface area contributed by atoms with Gasteiger partial charge in [0.1, 0.15) is 11.8 Å². The first kappa shape index (κ1) is 13.7. The molecule has 2 aromatic rings. The lowest BCUT2D eigenvalue weighted by molar-refractivity contribution is 0.0600. The standard InChI is InChI=1S/C13H12N4O3/c1-19-8-12-11(7-14)15-16-17(12)10-5-3-4-9(6-10)13(18)20-2/h3-6H,8H2,1-2H3. The minimum Gasteiger partial charge on any atom is -0.465 e. The van der Waals surface area contributed by atoms with E-state index >= 15 is 0 Å². The van der Waals surface area contributed by atoms with Crippen LogP contribution in [0.2, 0.25) is 0 Å². The minimum atomic E-state index is -0.444. The van der Waals surface area contributed by atoms with Crippen molar-refractivity contribution in [3.63, 3.8) is 0 Å². The van der Waals surface area contributed by atoms with Gasteiger partial charge in [-0.2, -0.15) is 5.26 Å². The Hall–Kier alpha value is -2.72. The molecule has 7 nitrogen and oxygen atoms in total. The van der Waals surface area contributed by atoms with Crippen molar-refractivity contribution in [2.75, 3.05) is 14.2 Å². The fourth-order valence-corrected chi connectivity index (χ4v) is 1.74. The van der Waals surface area contributed by atoms with Crippen molar-refractivity contribution in [1.29, 1.82) is 5.26 Å². The summed E-state index contributed by atoms with van der Waals surface area (Å²) in [7, 11) is 2.83. The Bertz CT molecular complexity index is 672. The smallest absolute Gasteiger partial charge is 0.337 e. The molecule has 0 saturated carbocycles. The predicted octanol–water partition coefficient (Wildman–Crippen LogP) is 1.07. The normalized spacial score (nSPS) is 10.1. The number of carbonyl (C=O) groups is 1. The van der Waals surface area contributed by atoms with Crippen LogP contribution in [0.4, 0.5) is 0 Å². The molecule has 0 unspecified atom stereocenters. The Morgan fingerprint density at radius 2 is 2.25 bits per heavy atom.